The van der Waals surface area contributed by atoms with Gasteiger partial charge < -0.3 is 28.9 Å². The molecule has 32 heavy (non-hydrogen) atoms. The van der Waals surface area contributed by atoms with Gasteiger partial charge in [0.15, 0.2) is 0 Å². The average Bonchev–Trinajstić information content (AvgIpc) is 3.51. The van der Waals surface area contributed by atoms with Gasteiger partial charge in [0.2, 0.25) is 5.95 Å². The van der Waals surface area contributed by atoms with E-state index >= 15 is 4.39 Å². The third kappa shape index (κ3) is 4.05. The number of nitrogens with zero attached hydrogens (tertiary/aromatic N) is 3. The van der Waals surface area contributed by atoms with Gasteiger partial charge in [-0.15, -0.1) is 0 Å². The smallest absolute Gasteiger partial charge is 0.414 e. The number of H-pyrrole nitrogens is 1. The number of nitrogens with one attached hydrogen (secondary N) is 1. The normalized spacial score (nSPS) is 17.9. The van der Waals surface area contributed by atoms with Gasteiger partial charge >= 0.3 is 14.7 Å². The van der Waals surface area contributed by atoms with Crippen molar-refractivity contribution in [1.82, 2.24) is 9.97 Å². The van der Waals surface area contributed by atoms with Gasteiger partial charge in [-0.2, -0.15) is 0 Å². The number of aromatic amines is 1. The van der Waals surface area contributed by atoms with Crippen LogP contribution in [-0.4, -0.2) is 45.1 Å². The van der Waals surface area contributed by atoms with Crippen LogP contribution in [0.15, 0.2) is 48.8 Å². The Morgan fingerprint density at radius 2 is 2.06 bits per heavy atom. The van der Waals surface area contributed by atoms with Crippen molar-refractivity contribution >= 4 is 26.3 Å². The number of ether oxygens (including phenoxy) is 1. The third-order valence-electron chi connectivity index (χ3n) is 5.54. The maximum atomic E-state index is 15.0. The molecule has 0 aliphatic carbocycles. The second-order valence-corrected chi connectivity index (χ2v) is 8.35. The van der Waals surface area contributed by atoms with Gasteiger partial charge in [-0.25, -0.2) is 14.2 Å². The number of hydrogen-bond acceptors (Lipinski definition) is 7. The van der Waals surface area contributed by atoms with Crippen LogP contribution in [0.25, 0.3) is 11.1 Å². The highest BCUT2D eigenvalue weighted by atomic mass is 31.2. The summed E-state index contributed by atoms with van der Waals surface area (Å²) in [6.07, 6.45) is 2.19. The summed E-state index contributed by atoms with van der Waals surface area (Å²) in [4.78, 5) is 40.6. The van der Waals surface area contributed by atoms with E-state index < -0.39 is 26.6 Å². The van der Waals surface area contributed by atoms with Crippen LogP contribution in [0.3, 0.4) is 0 Å². The van der Waals surface area contributed by atoms with E-state index in [-0.39, 0.29) is 13.2 Å². The molecular formula is C21H20FN4O5P. The molecule has 5 rings (SSSR count). The molecule has 3 aromatic rings. The molecule has 1 aromatic heterocycles. The van der Waals surface area contributed by atoms with Crippen molar-refractivity contribution in [2.45, 2.75) is 19.2 Å². The standard InChI is InChI=1S/C21H20FN4O5P/c22-19-8-16(26-11-17(31-21(26)27)12-30-32(28)29)3-4-18(19)13-1-2-14-9-25(10-15(14)7-13)20-23-5-6-24-20/h1-8,17,28-29H,9-12H2,(H,23,24)/t17-/m1/s1. The second-order valence-electron chi connectivity index (χ2n) is 7.58. The first-order chi connectivity index (χ1) is 15.5. The van der Waals surface area contributed by atoms with Crippen molar-refractivity contribution in [1.29, 1.82) is 0 Å². The summed E-state index contributed by atoms with van der Waals surface area (Å²) in [5.41, 5.74) is 3.83. The van der Waals surface area contributed by atoms with Gasteiger partial charge in [0.1, 0.15) is 11.9 Å². The molecule has 0 saturated carbocycles. The first kappa shape index (κ1) is 20.8. The molecule has 2 aliphatic rings. The molecule has 2 aromatic carbocycles. The van der Waals surface area contributed by atoms with Crippen LogP contribution in [0.1, 0.15) is 11.1 Å². The Hall–Kier alpha value is -3.04. The van der Waals surface area contributed by atoms with Gasteiger partial charge in [-0.1, -0.05) is 12.1 Å². The third-order valence-corrected chi connectivity index (χ3v) is 5.92. The second kappa shape index (κ2) is 8.48. The summed E-state index contributed by atoms with van der Waals surface area (Å²) in [5.74, 6) is 0.346. The molecule has 0 unspecified atom stereocenters. The Labute approximate surface area is 184 Å². The summed E-state index contributed by atoms with van der Waals surface area (Å²) in [6.45, 7) is 1.40. The molecule has 9 nitrogen and oxygen atoms in total. The van der Waals surface area contributed by atoms with E-state index in [1.807, 2.05) is 18.2 Å². The number of imidazole rings is 1. The molecule has 166 valence electrons. The predicted octanol–water partition coefficient (Wildman–Crippen LogP) is 3.29. The van der Waals surface area contributed by atoms with E-state index in [0.29, 0.717) is 17.8 Å². The fraction of sp³-hybridized carbons (Fsp3) is 0.238. The number of cyclic esters (lactones) is 1. The molecule has 2 aliphatic heterocycles. The lowest BCUT2D eigenvalue weighted by Crippen LogP contribution is -2.25. The molecule has 1 atom stereocenters. The number of anilines is 2. The summed E-state index contributed by atoms with van der Waals surface area (Å²) < 4.78 is 24.9. The van der Waals surface area contributed by atoms with E-state index in [1.54, 1.807) is 24.5 Å². The van der Waals surface area contributed by atoms with Crippen LogP contribution < -0.4 is 9.80 Å². The van der Waals surface area contributed by atoms with Crippen LogP contribution >= 0.6 is 8.60 Å². The molecule has 0 bridgehead atoms. The quantitative estimate of drug-likeness (QED) is 0.486. The highest BCUT2D eigenvalue weighted by Crippen LogP contribution is 2.34. The van der Waals surface area contributed by atoms with Crippen LogP contribution in [0, 0.1) is 5.82 Å². The summed E-state index contributed by atoms with van der Waals surface area (Å²) in [6, 6.07) is 10.5. The Morgan fingerprint density at radius 3 is 2.81 bits per heavy atom. The van der Waals surface area contributed by atoms with Gasteiger partial charge in [0.25, 0.3) is 0 Å². The number of halogens is 1. The lowest BCUT2D eigenvalue weighted by atomic mass is 10.00. The molecule has 0 radical (unpaired) electrons. The molecule has 1 saturated heterocycles. The van der Waals surface area contributed by atoms with Gasteiger partial charge in [-0.3, -0.25) is 4.90 Å². The molecule has 3 heterocycles. The number of hydrogen-bond donors (Lipinski definition) is 3. The first-order valence-corrected chi connectivity index (χ1v) is 11.1. The predicted molar refractivity (Wildman–Crippen MR) is 115 cm³/mol. The molecule has 11 heteroatoms. The summed E-state index contributed by atoms with van der Waals surface area (Å²) >= 11 is 0. The highest BCUT2D eigenvalue weighted by Gasteiger charge is 2.33. The first-order valence-electron chi connectivity index (χ1n) is 9.93. The maximum Gasteiger partial charge on any atom is 0.414 e. The largest absolute Gasteiger partial charge is 0.441 e. The van der Waals surface area contributed by atoms with Gasteiger partial charge in [0, 0.05) is 31.0 Å². The SMILES string of the molecule is O=C1O[C@@H](COP(O)O)CN1c1ccc(-c2ccc3c(c2)CN(c2ncc[nH]2)C3)c(F)c1. The van der Waals surface area contributed by atoms with E-state index in [4.69, 9.17) is 19.0 Å². The van der Waals surface area contributed by atoms with Crippen LogP contribution in [0.2, 0.25) is 0 Å². The van der Waals surface area contributed by atoms with Crippen LogP contribution in [-0.2, 0) is 22.4 Å². The van der Waals surface area contributed by atoms with Crippen molar-refractivity contribution in [2.75, 3.05) is 23.0 Å². The summed E-state index contributed by atoms with van der Waals surface area (Å²) in [5, 5.41) is 0. The number of fused-ring (bicyclic) bond motifs is 1. The number of aromatic nitrogens is 2. The minimum Gasteiger partial charge on any atom is -0.441 e. The monoisotopic (exact) mass is 458 g/mol. The minimum atomic E-state index is -2.53. The molecule has 0 spiro atoms. The topological polar surface area (TPSA) is 111 Å². The lowest BCUT2D eigenvalue weighted by Gasteiger charge is -2.15. The van der Waals surface area contributed by atoms with E-state index in [2.05, 4.69) is 14.9 Å². The Morgan fingerprint density at radius 1 is 1.22 bits per heavy atom. The Balaban J connectivity index is 1.33. The average molecular weight is 458 g/mol. The van der Waals surface area contributed by atoms with Gasteiger partial charge in [-0.05, 0) is 41.0 Å². The van der Waals surface area contributed by atoms with Crippen molar-refractivity contribution < 1.29 is 28.2 Å². The van der Waals surface area contributed by atoms with E-state index in [9.17, 15) is 4.79 Å². The zero-order valence-electron chi connectivity index (χ0n) is 16.8. The zero-order chi connectivity index (χ0) is 22.2. The zero-order valence-corrected chi connectivity index (χ0v) is 17.7. The lowest BCUT2D eigenvalue weighted by molar-refractivity contribution is 0.0987. The molecule has 1 amide bonds. The summed E-state index contributed by atoms with van der Waals surface area (Å²) in [7, 11) is -2.53. The fourth-order valence-corrected chi connectivity index (χ4v) is 4.32. The Kier molecular flexibility index (Phi) is 5.52. The van der Waals surface area contributed by atoms with E-state index in [0.717, 1.165) is 23.6 Å². The molecular weight excluding hydrogens is 438 g/mol. The van der Waals surface area contributed by atoms with Crippen molar-refractivity contribution in [3.8, 4) is 11.1 Å². The molecule has 1 fully saturated rings. The number of carbonyl (C=O) groups excluding carboxylic acids is 1. The number of rotatable bonds is 6. The Bertz CT molecular complexity index is 1140. The van der Waals surface area contributed by atoms with Crippen LogP contribution in [0.5, 0.6) is 0 Å². The minimum absolute atomic E-state index is 0.127. The van der Waals surface area contributed by atoms with Crippen molar-refractivity contribution in [3.05, 3.63) is 65.7 Å². The fourth-order valence-electron chi connectivity index (χ4n) is 4.02. The highest BCUT2D eigenvalue weighted by molar-refractivity contribution is 7.39. The number of benzene rings is 2. The van der Waals surface area contributed by atoms with Gasteiger partial charge in [0.05, 0.1) is 18.8 Å². The number of amides is 1. The van der Waals surface area contributed by atoms with E-state index in [1.165, 1.54) is 16.5 Å². The van der Waals surface area contributed by atoms with Crippen molar-refractivity contribution in [2.24, 2.45) is 0 Å². The molecule has 3 N–H and O–H groups in total. The number of carbonyl (C=O) groups is 1. The van der Waals surface area contributed by atoms with Crippen molar-refractivity contribution in [3.63, 3.8) is 0 Å². The maximum absolute atomic E-state index is 15.0. The van der Waals surface area contributed by atoms with Crippen LogP contribution in [0.4, 0.5) is 20.8 Å².